The van der Waals surface area contributed by atoms with Crippen molar-refractivity contribution < 1.29 is 14.6 Å². The topological polar surface area (TPSA) is 75.8 Å². The van der Waals surface area contributed by atoms with Crippen molar-refractivity contribution in [3.05, 3.63) is 0 Å². The second-order valence-electron chi connectivity index (χ2n) is 5.71. The van der Waals surface area contributed by atoms with E-state index in [0.717, 1.165) is 45.2 Å². The molecule has 2 rings (SSSR count). The van der Waals surface area contributed by atoms with Gasteiger partial charge >= 0.3 is 5.97 Å². The molecule has 0 aromatic heterocycles. The van der Waals surface area contributed by atoms with E-state index in [1.807, 2.05) is 6.92 Å². The Morgan fingerprint density at radius 1 is 1.32 bits per heavy atom. The number of hydrogen-bond donors (Lipinski definition) is 2. The number of hydrogen-bond acceptors (Lipinski definition) is 5. The number of aliphatic hydroxyl groups is 1. The third kappa shape index (κ3) is 3.46. The lowest BCUT2D eigenvalue weighted by molar-refractivity contribution is -0.150. The van der Waals surface area contributed by atoms with Gasteiger partial charge in [0.1, 0.15) is 0 Å². The number of nitrogens with two attached hydrogens (primary N) is 1. The molecule has 3 N–H and O–H groups in total. The van der Waals surface area contributed by atoms with Crippen LogP contribution < -0.4 is 5.73 Å². The van der Waals surface area contributed by atoms with Crippen molar-refractivity contribution in [2.24, 2.45) is 11.7 Å². The molecule has 1 saturated carbocycles. The predicted octanol–water partition coefficient (Wildman–Crippen LogP) is 0.502. The number of carbonyl (C=O) groups is 1. The quantitative estimate of drug-likeness (QED) is 0.731. The molecule has 5 nitrogen and oxygen atoms in total. The lowest BCUT2D eigenvalue weighted by Crippen LogP contribution is -2.56. The number of carbonyl (C=O) groups excluding carboxylic acids is 1. The number of piperidine rings is 1. The van der Waals surface area contributed by atoms with Gasteiger partial charge in [-0.2, -0.15) is 0 Å². The highest BCUT2D eigenvalue weighted by atomic mass is 16.5. The first-order valence-corrected chi connectivity index (χ1v) is 7.47. The monoisotopic (exact) mass is 270 g/mol. The predicted molar refractivity (Wildman–Crippen MR) is 72.6 cm³/mol. The first-order chi connectivity index (χ1) is 9.13. The van der Waals surface area contributed by atoms with E-state index in [1.54, 1.807) is 0 Å². The van der Waals surface area contributed by atoms with Crippen molar-refractivity contribution in [2.45, 2.75) is 57.2 Å². The van der Waals surface area contributed by atoms with E-state index in [-0.39, 0.29) is 24.0 Å². The van der Waals surface area contributed by atoms with Crippen molar-refractivity contribution in [3.8, 4) is 0 Å². The number of aliphatic hydroxyl groups excluding tert-OH is 1. The second-order valence-corrected chi connectivity index (χ2v) is 5.71. The maximum absolute atomic E-state index is 11.7. The Kier molecular flexibility index (Phi) is 5.19. The van der Waals surface area contributed by atoms with Gasteiger partial charge in [-0.05, 0) is 45.7 Å². The third-order valence-electron chi connectivity index (χ3n) is 4.49. The summed E-state index contributed by atoms with van der Waals surface area (Å²) in [5.74, 6) is -0.0337. The van der Waals surface area contributed by atoms with Crippen LogP contribution in [0.4, 0.5) is 0 Å². The van der Waals surface area contributed by atoms with Gasteiger partial charge in [0.2, 0.25) is 0 Å². The van der Waals surface area contributed by atoms with Gasteiger partial charge in [-0.3, -0.25) is 9.69 Å². The Balaban J connectivity index is 1.84. The zero-order valence-electron chi connectivity index (χ0n) is 11.8. The van der Waals surface area contributed by atoms with E-state index < -0.39 is 6.10 Å². The molecule has 2 aliphatic rings. The van der Waals surface area contributed by atoms with Crippen LogP contribution >= 0.6 is 0 Å². The van der Waals surface area contributed by atoms with Crippen molar-refractivity contribution in [3.63, 3.8) is 0 Å². The minimum Gasteiger partial charge on any atom is -0.466 e. The largest absolute Gasteiger partial charge is 0.466 e. The van der Waals surface area contributed by atoms with Crippen molar-refractivity contribution >= 4 is 5.97 Å². The highest BCUT2D eigenvalue weighted by molar-refractivity contribution is 5.72. The van der Waals surface area contributed by atoms with Crippen molar-refractivity contribution in [2.75, 3.05) is 19.7 Å². The zero-order chi connectivity index (χ0) is 13.8. The molecule has 0 aromatic rings. The van der Waals surface area contributed by atoms with Gasteiger partial charge in [-0.15, -0.1) is 0 Å². The van der Waals surface area contributed by atoms with E-state index in [4.69, 9.17) is 10.5 Å². The standard InChI is InChI=1S/C14H26N2O3/c1-2-19-14(18)10-6-8-16(9-7-10)12-5-3-4-11(15)13(12)17/h10-13,17H,2-9,15H2,1H3. The van der Waals surface area contributed by atoms with Crippen LogP contribution in [-0.4, -0.2) is 53.9 Å². The summed E-state index contributed by atoms with van der Waals surface area (Å²) in [5, 5.41) is 10.2. The third-order valence-corrected chi connectivity index (χ3v) is 4.49. The first kappa shape index (κ1) is 14.8. The van der Waals surface area contributed by atoms with Crippen LogP contribution in [0.3, 0.4) is 0 Å². The fourth-order valence-corrected chi connectivity index (χ4v) is 3.32. The minimum atomic E-state index is -0.423. The van der Waals surface area contributed by atoms with Crippen molar-refractivity contribution in [1.29, 1.82) is 0 Å². The SMILES string of the molecule is CCOC(=O)C1CCN(C2CCCC(N)C2O)CC1. The average Bonchev–Trinajstić information content (AvgIpc) is 2.42. The molecule has 0 radical (unpaired) electrons. The molecule has 0 spiro atoms. The summed E-state index contributed by atoms with van der Waals surface area (Å²) in [5.41, 5.74) is 5.94. The van der Waals surface area contributed by atoms with Crippen molar-refractivity contribution in [1.82, 2.24) is 4.90 Å². The van der Waals surface area contributed by atoms with E-state index in [2.05, 4.69) is 4.90 Å². The maximum atomic E-state index is 11.7. The summed E-state index contributed by atoms with van der Waals surface area (Å²) >= 11 is 0. The van der Waals surface area contributed by atoms with Crippen LogP contribution in [0.1, 0.15) is 39.0 Å². The smallest absolute Gasteiger partial charge is 0.309 e. The average molecular weight is 270 g/mol. The molecule has 3 unspecified atom stereocenters. The van der Waals surface area contributed by atoms with Gasteiger partial charge in [0.25, 0.3) is 0 Å². The molecule has 19 heavy (non-hydrogen) atoms. The van der Waals surface area contributed by atoms with E-state index in [1.165, 1.54) is 0 Å². The molecular weight excluding hydrogens is 244 g/mol. The molecule has 1 aliphatic heterocycles. The number of rotatable bonds is 3. The van der Waals surface area contributed by atoms with Crippen LogP contribution in [0.25, 0.3) is 0 Å². The summed E-state index contributed by atoms with van der Waals surface area (Å²) in [6.07, 6.45) is 4.25. The fraction of sp³-hybridized carbons (Fsp3) is 0.929. The highest BCUT2D eigenvalue weighted by Crippen LogP contribution is 2.27. The van der Waals surface area contributed by atoms with Gasteiger partial charge < -0.3 is 15.6 Å². The number of nitrogens with zero attached hydrogens (tertiary/aromatic N) is 1. The van der Waals surface area contributed by atoms with Crippen LogP contribution in [0.2, 0.25) is 0 Å². The lowest BCUT2D eigenvalue weighted by Gasteiger charge is -2.43. The Bertz CT molecular complexity index is 303. The van der Waals surface area contributed by atoms with Gasteiger partial charge in [0.05, 0.1) is 18.6 Å². The normalized spacial score (nSPS) is 34.2. The molecule has 2 fully saturated rings. The summed E-state index contributed by atoms with van der Waals surface area (Å²) in [4.78, 5) is 14.0. The maximum Gasteiger partial charge on any atom is 0.309 e. The molecule has 1 heterocycles. The Morgan fingerprint density at radius 2 is 2.00 bits per heavy atom. The van der Waals surface area contributed by atoms with Gasteiger partial charge in [0, 0.05) is 12.1 Å². The van der Waals surface area contributed by atoms with Crippen LogP contribution in [0, 0.1) is 5.92 Å². The molecule has 3 atom stereocenters. The highest BCUT2D eigenvalue weighted by Gasteiger charge is 2.36. The first-order valence-electron chi connectivity index (χ1n) is 7.47. The molecule has 0 amide bonds. The summed E-state index contributed by atoms with van der Waals surface area (Å²) in [7, 11) is 0. The molecule has 1 aliphatic carbocycles. The van der Waals surface area contributed by atoms with Crippen LogP contribution in [0.15, 0.2) is 0 Å². The Hall–Kier alpha value is -0.650. The van der Waals surface area contributed by atoms with E-state index in [9.17, 15) is 9.90 Å². The lowest BCUT2D eigenvalue weighted by atomic mass is 9.85. The van der Waals surface area contributed by atoms with Crippen LogP contribution in [-0.2, 0) is 9.53 Å². The summed E-state index contributed by atoms with van der Waals surface area (Å²) < 4.78 is 5.07. The minimum absolute atomic E-state index is 0.0330. The van der Waals surface area contributed by atoms with E-state index >= 15 is 0 Å². The van der Waals surface area contributed by atoms with Gasteiger partial charge in [0.15, 0.2) is 0 Å². The van der Waals surface area contributed by atoms with Gasteiger partial charge in [-0.25, -0.2) is 0 Å². The van der Waals surface area contributed by atoms with E-state index in [0.29, 0.717) is 6.61 Å². The number of esters is 1. The summed E-state index contributed by atoms with van der Waals surface area (Å²) in [6.45, 7) is 4.01. The Labute approximate surface area is 115 Å². The molecule has 5 heteroatoms. The van der Waals surface area contributed by atoms with Gasteiger partial charge in [-0.1, -0.05) is 6.42 Å². The molecule has 110 valence electrons. The summed E-state index contributed by atoms with van der Waals surface area (Å²) in [6, 6.07) is 0.0772. The number of ether oxygens (including phenoxy) is 1. The molecular formula is C14H26N2O3. The Morgan fingerprint density at radius 3 is 2.63 bits per heavy atom. The fourth-order valence-electron chi connectivity index (χ4n) is 3.32. The second kappa shape index (κ2) is 6.68. The van der Waals surface area contributed by atoms with Crippen LogP contribution in [0.5, 0.6) is 0 Å². The molecule has 0 aromatic carbocycles. The molecule has 1 saturated heterocycles. The molecule has 0 bridgehead atoms. The number of likely N-dealkylation sites (tertiary alicyclic amines) is 1. The zero-order valence-corrected chi connectivity index (χ0v) is 11.8.